The molecular weight excluding hydrogens is 527 g/mol. The first-order valence-corrected chi connectivity index (χ1v) is 15.5. The van der Waals surface area contributed by atoms with Gasteiger partial charge in [-0.1, -0.05) is 51.9 Å². The number of unbranched alkanes of at least 4 members (excludes halogenated alkanes) is 7. The molecule has 1 aliphatic rings. The van der Waals surface area contributed by atoms with E-state index in [1.54, 1.807) is 19.1 Å². The highest BCUT2D eigenvalue weighted by molar-refractivity contribution is 7.47. The van der Waals surface area contributed by atoms with Gasteiger partial charge in [0.05, 0.1) is 18.4 Å². The highest BCUT2D eigenvalue weighted by atomic mass is 31.2. The maximum absolute atomic E-state index is 12.5. The van der Waals surface area contributed by atoms with Crippen molar-refractivity contribution >= 4 is 19.2 Å². The molecule has 1 saturated heterocycles. The van der Waals surface area contributed by atoms with Crippen molar-refractivity contribution in [3.63, 3.8) is 0 Å². The van der Waals surface area contributed by atoms with Gasteiger partial charge < -0.3 is 30.3 Å². The minimum absolute atomic E-state index is 0.0242. The summed E-state index contributed by atoms with van der Waals surface area (Å²) in [5, 5.41) is 25.8. The molecule has 0 bridgehead atoms. The smallest absolute Gasteiger partial charge is 0.387 e. The molecule has 0 radical (unpaired) electrons. The Morgan fingerprint density at radius 2 is 1.77 bits per heavy atom. The van der Waals surface area contributed by atoms with Gasteiger partial charge in [-0.25, -0.2) is 14.1 Å². The van der Waals surface area contributed by atoms with E-state index in [4.69, 9.17) is 24.3 Å². The Labute approximate surface area is 230 Å². The zero-order valence-corrected chi connectivity index (χ0v) is 24.2. The van der Waals surface area contributed by atoms with Gasteiger partial charge in [-0.3, -0.25) is 9.05 Å². The van der Waals surface area contributed by atoms with Gasteiger partial charge >= 0.3 is 7.82 Å². The molecule has 3 rings (SSSR count). The van der Waals surface area contributed by atoms with Crippen LogP contribution in [0.15, 0.2) is 18.5 Å². The number of fused-ring (bicyclic) bond motifs is 1. The van der Waals surface area contributed by atoms with Crippen LogP contribution in [0, 0.1) is 0 Å². The number of ether oxygens (including phenoxy) is 2. The van der Waals surface area contributed by atoms with Crippen LogP contribution >= 0.6 is 7.82 Å². The van der Waals surface area contributed by atoms with Crippen molar-refractivity contribution < 1.29 is 38.2 Å². The van der Waals surface area contributed by atoms with E-state index in [0.29, 0.717) is 30.8 Å². The van der Waals surface area contributed by atoms with E-state index >= 15 is 0 Å². The molecule has 2 aromatic heterocycles. The molecule has 6 atom stereocenters. The summed E-state index contributed by atoms with van der Waals surface area (Å²) in [6.07, 6.45) is 6.57. The quantitative estimate of drug-likeness (QED) is 0.152. The van der Waals surface area contributed by atoms with Crippen LogP contribution in [0.4, 0.5) is 5.82 Å². The standard InChI is InChI=1S/C26H45N4O8P/c1-4-5-6-7-8-9-10-11-15-35-16-12-17-36-39(33,34)38-19(2)23-22(31)24(32)26(3,37-23)21-14-13-20-25(27)28-18-29-30(20)21/h13-14,18-19,22-24,31-32H,4-12,15-17H2,1-3H3,(H,33,34)(H2,27,28,29)/t19-,22+,23+,24+,26-/m0/s1. The average molecular weight is 573 g/mol. The second kappa shape index (κ2) is 14.8. The predicted molar refractivity (Wildman–Crippen MR) is 146 cm³/mol. The number of rotatable bonds is 18. The number of aromatic nitrogens is 3. The predicted octanol–water partition coefficient (Wildman–Crippen LogP) is 3.72. The van der Waals surface area contributed by atoms with Crippen LogP contribution in [-0.2, 0) is 28.7 Å². The fraction of sp³-hybridized carbons (Fsp3) is 0.769. The van der Waals surface area contributed by atoms with Gasteiger partial charge in [0.25, 0.3) is 0 Å². The lowest BCUT2D eigenvalue weighted by molar-refractivity contribution is -0.106. The number of nitrogens with zero attached hydrogens (tertiary/aromatic N) is 3. The average Bonchev–Trinajstić information content (AvgIpc) is 3.43. The highest BCUT2D eigenvalue weighted by Crippen LogP contribution is 2.48. The van der Waals surface area contributed by atoms with E-state index in [2.05, 4.69) is 17.0 Å². The van der Waals surface area contributed by atoms with E-state index in [9.17, 15) is 19.7 Å². The molecule has 0 spiro atoms. The minimum atomic E-state index is -4.45. The summed E-state index contributed by atoms with van der Waals surface area (Å²) in [5.74, 6) is 0.248. The second-order valence-electron chi connectivity index (χ2n) is 10.3. The third kappa shape index (κ3) is 8.43. The summed E-state index contributed by atoms with van der Waals surface area (Å²) in [6, 6.07) is 3.35. The van der Waals surface area contributed by atoms with Crippen LogP contribution in [0.2, 0.25) is 0 Å². The second-order valence-corrected chi connectivity index (χ2v) is 11.7. The van der Waals surface area contributed by atoms with Gasteiger partial charge in [-0.2, -0.15) is 5.10 Å². The molecule has 0 amide bonds. The number of hydrogen-bond donors (Lipinski definition) is 4. The number of aliphatic hydroxyl groups is 2. The number of aliphatic hydroxyl groups excluding tert-OH is 2. The topological polar surface area (TPSA) is 171 Å². The fourth-order valence-corrected chi connectivity index (χ4v) is 5.88. The van der Waals surface area contributed by atoms with Gasteiger partial charge in [0.15, 0.2) is 5.82 Å². The highest BCUT2D eigenvalue weighted by Gasteiger charge is 2.56. The number of nitrogens with two attached hydrogens (primary N) is 1. The van der Waals surface area contributed by atoms with E-state index in [1.807, 2.05) is 0 Å². The van der Waals surface area contributed by atoms with Crippen molar-refractivity contribution in [2.75, 3.05) is 25.6 Å². The third-order valence-corrected chi connectivity index (χ3v) is 8.30. The first-order valence-electron chi connectivity index (χ1n) is 14.0. The summed E-state index contributed by atoms with van der Waals surface area (Å²) >= 11 is 0. The number of phosphoric ester groups is 1. The fourth-order valence-electron chi connectivity index (χ4n) is 4.92. The number of nitrogen functional groups attached to an aromatic ring is 1. The number of phosphoric acid groups is 1. The Hall–Kier alpha value is -1.63. The lowest BCUT2D eigenvalue weighted by atomic mass is 9.92. The molecule has 12 nitrogen and oxygen atoms in total. The minimum Gasteiger partial charge on any atom is -0.387 e. The van der Waals surface area contributed by atoms with Crippen molar-refractivity contribution in [3.05, 3.63) is 24.2 Å². The monoisotopic (exact) mass is 572 g/mol. The van der Waals surface area contributed by atoms with E-state index in [0.717, 1.165) is 12.8 Å². The molecule has 13 heteroatoms. The van der Waals surface area contributed by atoms with Crippen molar-refractivity contribution in [2.45, 2.75) is 109 Å². The summed E-state index contributed by atoms with van der Waals surface area (Å²) < 4.78 is 36.0. The molecule has 1 fully saturated rings. The van der Waals surface area contributed by atoms with Gasteiger partial charge in [-0.15, -0.1) is 0 Å². The van der Waals surface area contributed by atoms with Crippen LogP contribution in [0.5, 0.6) is 0 Å². The maximum atomic E-state index is 12.5. The van der Waals surface area contributed by atoms with Gasteiger partial charge in [0, 0.05) is 13.2 Å². The van der Waals surface area contributed by atoms with Crippen molar-refractivity contribution in [1.29, 1.82) is 0 Å². The summed E-state index contributed by atoms with van der Waals surface area (Å²) in [6.45, 7) is 6.34. The van der Waals surface area contributed by atoms with E-state index < -0.39 is 37.8 Å². The first-order chi connectivity index (χ1) is 18.6. The Balaban J connectivity index is 1.39. The molecule has 5 N–H and O–H groups in total. The zero-order chi connectivity index (χ0) is 28.5. The molecule has 2 aromatic rings. The van der Waals surface area contributed by atoms with Gasteiger partial charge in [0.2, 0.25) is 0 Å². The summed E-state index contributed by atoms with van der Waals surface area (Å²) in [5.41, 5.74) is 5.45. The van der Waals surface area contributed by atoms with E-state index in [-0.39, 0.29) is 12.4 Å². The van der Waals surface area contributed by atoms with Crippen LogP contribution in [0.25, 0.3) is 5.52 Å². The normalized spacial score (nSPS) is 25.7. The maximum Gasteiger partial charge on any atom is 0.472 e. The largest absolute Gasteiger partial charge is 0.472 e. The van der Waals surface area contributed by atoms with Crippen molar-refractivity contribution in [3.8, 4) is 0 Å². The lowest BCUT2D eigenvalue weighted by Crippen LogP contribution is -2.40. The molecule has 1 aliphatic heterocycles. The van der Waals surface area contributed by atoms with Crippen molar-refractivity contribution in [2.24, 2.45) is 0 Å². The molecule has 0 aliphatic carbocycles. The molecular formula is C26H45N4O8P. The van der Waals surface area contributed by atoms with Gasteiger partial charge in [-0.05, 0) is 38.8 Å². The first kappa shape index (κ1) is 31.9. The SMILES string of the molecule is CCCCCCCCCCOCCCOP(=O)(O)O[C@@H](C)[C@H]1O[C@@](C)(c2ccc3c(N)ncnn23)[C@H](O)[C@@H]1O. The Morgan fingerprint density at radius 1 is 1.10 bits per heavy atom. The lowest BCUT2D eigenvalue weighted by Gasteiger charge is -2.28. The van der Waals surface area contributed by atoms with Crippen LogP contribution in [0.3, 0.4) is 0 Å². The van der Waals surface area contributed by atoms with Crippen molar-refractivity contribution in [1.82, 2.24) is 14.6 Å². The summed E-state index contributed by atoms with van der Waals surface area (Å²) in [4.78, 5) is 14.1. The Bertz CT molecular complexity index is 1070. The Kier molecular flexibility index (Phi) is 12.1. The van der Waals surface area contributed by atoms with Crippen LogP contribution in [-0.4, -0.2) is 73.9 Å². The molecule has 222 valence electrons. The molecule has 0 aromatic carbocycles. The Morgan fingerprint density at radius 3 is 2.49 bits per heavy atom. The number of hydrogen-bond acceptors (Lipinski definition) is 10. The van der Waals surface area contributed by atoms with Crippen LogP contribution < -0.4 is 5.73 Å². The molecule has 39 heavy (non-hydrogen) atoms. The van der Waals surface area contributed by atoms with Crippen LogP contribution in [0.1, 0.15) is 84.3 Å². The molecule has 1 unspecified atom stereocenters. The zero-order valence-electron chi connectivity index (χ0n) is 23.3. The van der Waals surface area contributed by atoms with E-state index in [1.165, 1.54) is 56.3 Å². The number of anilines is 1. The summed E-state index contributed by atoms with van der Waals surface area (Å²) in [7, 11) is -4.45. The molecule has 0 saturated carbocycles. The third-order valence-electron chi connectivity index (χ3n) is 7.19. The van der Waals surface area contributed by atoms with Gasteiger partial charge in [0.1, 0.15) is 35.8 Å². The molecule has 3 heterocycles.